The summed E-state index contributed by atoms with van der Waals surface area (Å²) in [7, 11) is -4.03. The molecule has 9 heteroatoms. The van der Waals surface area contributed by atoms with Crippen LogP contribution in [0.3, 0.4) is 0 Å². The van der Waals surface area contributed by atoms with Crippen LogP contribution in [0, 0.1) is 5.82 Å². The van der Waals surface area contributed by atoms with Gasteiger partial charge in [0, 0.05) is 17.5 Å². The SMILES string of the molecule is CCOc1c(Br)cc(F)cc1NS(=O)(=O)c1ccc2oc(=O)ccc2c1. The predicted octanol–water partition coefficient (Wildman–Crippen LogP) is 3.89. The van der Waals surface area contributed by atoms with Crippen LogP contribution in [-0.2, 0) is 10.0 Å². The molecule has 1 N–H and O–H groups in total. The molecule has 1 aromatic heterocycles. The summed E-state index contributed by atoms with van der Waals surface area (Å²) in [5.74, 6) is -0.442. The van der Waals surface area contributed by atoms with Gasteiger partial charge in [-0.25, -0.2) is 17.6 Å². The molecule has 136 valence electrons. The zero-order chi connectivity index (χ0) is 18.9. The Morgan fingerprint density at radius 2 is 1.96 bits per heavy atom. The van der Waals surface area contributed by atoms with Crippen LogP contribution in [0.1, 0.15) is 6.92 Å². The van der Waals surface area contributed by atoms with Gasteiger partial charge in [0.2, 0.25) is 0 Å². The fraction of sp³-hybridized carbons (Fsp3) is 0.118. The van der Waals surface area contributed by atoms with Crippen LogP contribution in [0.5, 0.6) is 5.75 Å². The first-order valence-electron chi connectivity index (χ1n) is 7.49. The molecule has 0 aliphatic heterocycles. The summed E-state index contributed by atoms with van der Waals surface area (Å²) in [5.41, 5.74) is -0.296. The van der Waals surface area contributed by atoms with Crippen molar-refractivity contribution < 1.29 is 22.0 Å². The number of rotatable bonds is 5. The van der Waals surface area contributed by atoms with E-state index in [1.54, 1.807) is 6.92 Å². The van der Waals surface area contributed by atoms with E-state index >= 15 is 0 Å². The molecule has 0 aliphatic carbocycles. The Morgan fingerprint density at radius 1 is 1.19 bits per heavy atom. The fourth-order valence-electron chi connectivity index (χ4n) is 2.35. The van der Waals surface area contributed by atoms with Crippen molar-refractivity contribution in [1.82, 2.24) is 0 Å². The highest BCUT2D eigenvalue weighted by molar-refractivity contribution is 9.10. The van der Waals surface area contributed by atoms with Gasteiger partial charge in [0.25, 0.3) is 10.0 Å². The van der Waals surface area contributed by atoms with Crippen molar-refractivity contribution in [3.63, 3.8) is 0 Å². The first kappa shape index (κ1) is 18.4. The van der Waals surface area contributed by atoms with Crippen LogP contribution in [-0.4, -0.2) is 15.0 Å². The second-order valence-corrected chi connectivity index (χ2v) is 7.79. The summed E-state index contributed by atoms with van der Waals surface area (Å²) in [5, 5.41) is 0.443. The average molecular weight is 442 g/mol. The molecule has 3 rings (SSSR count). The molecule has 2 aromatic carbocycles. The number of ether oxygens (including phenoxy) is 1. The topological polar surface area (TPSA) is 85.6 Å². The van der Waals surface area contributed by atoms with Gasteiger partial charge < -0.3 is 9.15 Å². The van der Waals surface area contributed by atoms with Gasteiger partial charge in [-0.1, -0.05) is 0 Å². The lowest BCUT2D eigenvalue weighted by Gasteiger charge is -2.15. The van der Waals surface area contributed by atoms with Crippen molar-refractivity contribution in [3.8, 4) is 5.75 Å². The van der Waals surface area contributed by atoms with Gasteiger partial charge in [-0.2, -0.15) is 0 Å². The second kappa shape index (κ2) is 7.08. The van der Waals surface area contributed by atoms with Crippen LogP contribution < -0.4 is 15.1 Å². The zero-order valence-corrected chi connectivity index (χ0v) is 15.9. The molecule has 6 nitrogen and oxygen atoms in total. The highest BCUT2D eigenvalue weighted by Crippen LogP contribution is 2.36. The van der Waals surface area contributed by atoms with E-state index in [1.807, 2.05) is 0 Å². The Bertz CT molecular complexity index is 1140. The molecule has 26 heavy (non-hydrogen) atoms. The fourth-order valence-corrected chi connectivity index (χ4v) is 3.98. The summed E-state index contributed by atoms with van der Waals surface area (Å²) in [6.45, 7) is 2.00. The maximum Gasteiger partial charge on any atom is 0.336 e. The molecule has 3 aromatic rings. The largest absolute Gasteiger partial charge is 0.490 e. The minimum absolute atomic E-state index is 0.0292. The Balaban J connectivity index is 2.04. The molecular weight excluding hydrogens is 429 g/mol. The third-order valence-electron chi connectivity index (χ3n) is 3.44. The Labute approximate surface area is 156 Å². The quantitative estimate of drug-likeness (QED) is 0.606. The lowest BCUT2D eigenvalue weighted by Crippen LogP contribution is -2.14. The molecule has 0 saturated heterocycles. The lowest BCUT2D eigenvalue weighted by molar-refractivity contribution is 0.339. The van der Waals surface area contributed by atoms with Crippen molar-refractivity contribution in [2.45, 2.75) is 11.8 Å². The van der Waals surface area contributed by atoms with Gasteiger partial charge in [0.15, 0.2) is 5.75 Å². The first-order valence-corrected chi connectivity index (χ1v) is 9.76. The average Bonchev–Trinajstić information content (AvgIpc) is 2.57. The molecule has 0 radical (unpaired) electrons. The summed E-state index contributed by atoms with van der Waals surface area (Å²) in [6, 6.07) is 8.91. The summed E-state index contributed by atoms with van der Waals surface area (Å²) in [6.07, 6.45) is 0. The van der Waals surface area contributed by atoms with Gasteiger partial charge >= 0.3 is 5.63 Å². The maximum absolute atomic E-state index is 13.7. The molecule has 0 saturated carbocycles. The van der Waals surface area contributed by atoms with Crippen LogP contribution >= 0.6 is 15.9 Å². The van der Waals surface area contributed by atoms with Gasteiger partial charge in [-0.05, 0) is 53.2 Å². The molecule has 1 heterocycles. The highest BCUT2D eigenvalue weighted by atomic mass is 79.9. The monoisotopic (exact) mass is 441 g/mol. The van der Waals surface area contributed by atoms with Gasteiger partial charge in [0.1, 0.15) is 11.4 Å². The number of benzene rings is 2. The van der Waals surface area contributed by atoms with Gasteiger partial charge in [-0.15, -0.1) is 0 Å². The molecule has 0 amide bonds. The van der Waals surface area contributed by atoms with E-state index < -0.39 is 21.5 Å². The van der Waals surface area contributed by atoms with Gasteiger partial charge in [0.05, 0.1) is 21.7 Å². The summed E-state index contributed by atoms with van der Waals surface area (Å²) < 4.78 is 52.1. The number of hydrogen-bond acceptors (Lipinski definition) is 5. The van der Waals surface area contributed by atoms with E-state index in [9.17, 15) is 17.6 Å². The van der Waals surface area contributed by atoms with Crippen molar-refractivity contribution in [3.05, 3.63) is 63.2 Å². The summed E-state index contributed by atoms with van der Waals surface area (Å²) in [4.78, 5) is 11.2. The van der Waals surface area contributed by atoms with Crippen LogP contribution in [0.4, 0.5) is 10.1 Å². The van der Waals surface area contributed by atoms with E-state index in [0.717, 1.165) is 6.07 Å². The van der Waals surface area contributed by atoms with Crippen LogP contribution in [0.15, 0.2) is 61.0 Å². The molecule has 0 fully saturated rings. The maximum atomic E-state index is 13.7. The van der Waals surface area contributed by atoms with Gasteiger partial charge in [-0.3, -0.25) is 4.72 Å². The smallest absolute Gasteiger partial charge is 0.336 e. The molecule has 0 spiro atoms. The standard InChI is InChI=1S/C17H13BrFNO5S/c1-2-24-17-13(18)8-11(19)9-14(17)20-26(22,23)12-4-5-15-10(7-12)3-6-16(21)25-15/h3-9,20H,2H2,1H3. The number of sulfonamides is 1. The van der Waals surface area contributed by atoms with E-state index in [1.165, 1.54) is 36.4 Å². The Morgan fingerprint density at radius 3 is 2.69 bits per heavy atom. The minimum atomic E-state index is -4.03. The van der Waals surface area contributed by atoms with Crippen molar-refractivity contribution in [2.24, 2.45) is 0 Å². The molecular formula is C17H13BrFNO5S. The van der Waals surface area contributed by atoms with E-state index in [2.05, 4.69) is 20.7 Å². The number of hydrogen-bond donors (Lipinski definition) is 1. The third-order valence-corrected chi connectivity index (χ3v) is 5.39. The van der Waals surface area contributed by atoms with Crippen molar-refractivity contribution in [2.75, 3.05) is 11.3 Å². The first-order chi connectivity index (χ1) is 12.3. The van der Waals surface area contributed by atoms with Crippen LogP contribution in [0.2, 0.25) is 0 Å². The minimum Gasteiger partial charge on any atom is -0.490 e. The molecule has 0 bridgehead atoms. The Hall–Kier alpha value is -2.39. The van der Waals surface area contributed by atoms with Crippen molar-refractivity contribution in [1.29, 1.82) is 0 Å². The number of halogens is 2. The number of anilines is 1. The molecule has 0 aliphatic rings. The third kappa shape index (κ3) is 3.73. The van der Waals surface area contributed by atoms with Crippen LogP contribution in [0.25, 0.3) is 11.0 Å². The highest BCUT2D eigenvalue weighted by Gasteiger charge is 2.20. The zero-order valence-electron chi connectivity index (χ0n) is 13.5. The van der Waals surface area contributed by atoms with E-state index in [-0.39, 0.29) is 33.0 Å². The second-order valence-electron chi connectivity index (χ2n) is 5.26. The Kier molecular flexibility index (Phi) is 5.01. The van der Waals surface area contributed by atoms with E-state index in [4.69, 9.17) is 9.15 Å². The van der Waals surface area contributed by atoms with E-state index in [0.29, 0.717) is 5.39 Å². The normalized spacial score (nSPS) is 11.5. The number of fused-ring (bicyclic) bond motifs is 1. The molecule has 0 unspecified atom stereocenters. The number of nitrogens with one attached hydrogen (secondary N) is 1. The molecule has 0 atom stereocenters. The van der Waals surface area contributed by atoms with Crippen molar-refractivity contribution >= 4 is 42.6 Å². The summed E-state index contributed by atoms with van der Waals surface area (Å²) >= 11 is 3.16. The predicted molar refractivity (Wildman–Crippen MR) is 98.6 cm³/mol. The lowest BCUT2D eigenvalue weighted by atomic mass is 10.2.